The number of ether oxygens (including phenoxy) is 2. The standard InChI is InChI=1S/C15H22N2O5/c1-5-8-21-13(19)11-9-6-7-10(12(18)16-11)17(9)14(20)22-15(2,3)4/h5,9-11H,1,6-8H2,2-4H3,(H,16,18). The molecular formula is C15H22N2O5. The fourth-order valence-electron chi connectivity index (χ4n) is 2.79. The largest absolute Gasteiger partial charge is 0.460 e. The zero-order valence-electron chi connectivity index (χ0n) is 13.1. The Morgan fingerprint density at radius 1 is 1.41 bits per heavy atom. The molecule has 0 radical (unpaired) electrons. The number of hydrogen-bond donors (Lipinski definition) is 1. The zero-order valence-corrected chi connectivity index (χ0v) is 13.1. The van der Waals surface area contributed by atoms with E-state index in [0.717, 1.165) is 0 Å². The van der Waals surface area contributed by atoms with Crippen LogP contribution in [0.1, 0.15) is 33.6 Å². The van der Waals surface area contributed by atoms with Crippen molar-refractivity contribution >= 4 is 18.0 Å². The van der Waals surface area contributed by atoms with E-state index in [1.54, 1.807) is 20.8 Å². The first kappa shape index (κ1) is 16.3. The number of carbonyl (C=O) groups excluding carboxylic acids is 3. The monoisotopic (exact) mass is 310 g/mol. The van der Waals surface area contributed by atoms with E-state index in [2.05, 4.69) is 11.9 Å². The molecule has 2 aliphatic rings. The van der Waals surface area contributed by atoms with Gasteiger partial charge in [-0.05, 0) is 33.6 Å². The van der Waals surface area contributed by atoms with Crippen molar-refractivity contribution in [1.29, 1.82) is 0 Å². The minimum atomic E-state index is -0.862. The molecular weight excluding hydrogens is 288 g/mol. The summed E-state index contributed by atoms with van der Waals surface area (Å²) in [6.45, 7) is 8.81. The number of nitrogens with zero attached hydrogens (tertiary/aromatic N) is 1. The third kappa shape index (κ3) is 3.23. The van der Waals surface area contributed by atoms with E-state index in [0.29, 0.717) is 12.8 Å². The number of esters is 1. The van der Waals surface area contributed by atoms with Gasteiger partial charge in [0.15, 0.2) is 0 Å². The van der Waals surface area contributed by atoms with Gasteiger partial charge >= 0.3 is 12.1 Å². The summed E-state index contributed by atoms with van der Waals surface area (Å²) in [5.74, 6) is -0.910. The lowest BCUT2D eigenvalue weighted by Gasteiger charge is -2.39. The van der Waals surface area contributed by atoms with Crippen molar-refractivity contribution in [3.63, 3.8) is 0 Å². The Morgan fingerprint density at radius 2 is 2.09 bits per heavy atom. The number of fused-ring (bicyclic) bond motifs is 2. The van der Waals surface area contributed by atoms with Crippen LogP contribution in [0.15, 0.2) is 12.7 Å². The van der Waals surface area contributed by atoms with Crippen molar-refractivity contribution in [2.24, 2.45) is 0 Å². The molecule has 0 aliphatic carbocycles. The van der Waals surface area contributed by atoms with Crippen LogP contribution in [0, 0.1) is 0 Å². The molecule has 2 fully saturated rings. The highest BCUT2D eigenvalue weighted by Gasteiger charge is 2.53. The van der Waals surface area contributed by atoms with Gasteiger partial charge in [-0.1, -0.05) is 12.7 Å². The molecule has 0 aromatic carbocycles. The summed E-state index contributed by atoms with van der Waals surface area (Å²) >= 11 is 0. The van der Waals surface area contributed by atoms with Gasteiger partial charge in [-0.2, -0.15) is 0 Å². The van der Waals surface area contributed by atoms with Crippen LogP contribution in [0.4, 0.5) is 4.79 Å². The molecule has 2 heterocycles. The van der Waals surface area contributed by atoms with E-state index in [1.165, 1.54) is 11.0 Å². The maximum Gasteiger partial charge on any atom is 0.411 e. The van der Waals surface area contributed by atoms with Crippen LogP contribution < -0.4 is 5.32 Å². The molecule has 2 rings (SSSR count). The molecule has 0 aromatic heterocycles. The number of carbonyl (C=O) groups is 3. The number of nitrogens with one attached hydrogen (secondary N) is 1. The second-order valence-corrected chi connectivity index (χ2v) is 6.45. The van der Waals surface area contributed by atoms with Gasteiger partial charge in [0, 0.05) is 0 Å². The predicted molar refractivity (Wildman–Crippen MR) is 78.0 cm³/mol. The minimum Gasteiger partial charge on any atom is -0.460 e. The molecule has 0 saturated carbocycles. The Labute approximate surface area is 129 Å². The van der Waals surface area contributed by atoms with Crippen LogP contribution in [-0.4, -0.2) is 53.2 Å². The van der Waals surface area contributed by atoms with E-state index in [1.807, 2.05) is 0 Å². The molecule has 2 bridgehead atoms. The first-order chi connectivity index (χ1) is 10.2. The van der Waals surface area contributed by atoms with Gasteiger partial charge in [0.2, 0.25) is 5.91 Å². The number of piperazine rings is 1. The van der Waals surface area contributed by atoms with Crippen molar-refractivity contribution in [3.8, 4) is 0 Å². The van der Waals surface area contributed by atoms with Gasteiger partial charge < -0.3 is 14.8 Å². The van der Waals surface area contributed by atoms with Crippen LogP contribution in [0.25, 0.3) is 0 Å². The van der Waals surface area contributed by atoms with Crippen LogP contribution in [0.5, 0.6) is 0 Å². The van der Waals surface area contributed by atoms with Crippen LogP contribution in [0.2, 0.25) is 0 Å². The third-order valence-electron chi connectivity index (χ3n) is 3.62. The minimum absolute atomic E-state index is 0.0633. The fourth-order valence-corrected chi connectivity index (χ4v) is 2.79. The van der Waals surface area contributed by atoms with Crippen molar-refractivity contribution in [3.05, 3.63) is 12.7 Å². The molecule has 122 valence electrons. The van der Waals surface area contributed by atoms with Crippen molar-refractivity contribution in [1.82, 2.24) is 10.2 Å². The molecule has 7 heteroatoms. The maximum absolute atomic E-state index is 12.4. The topological polar surface area (TPSA) is 84.9 Å². The molecule has 2 aliphatic heterocycles. The van der Waals surface area contributed by atoms with Crippen molar-refractivity contribution < 1.29 is 23.9 Å². The number of hydrogen-bond acceptors (Lipinski definition) is 5. The lowest BCUT2D eigenvalue weighted by Crippen LogP contribution is -2.65. The maximum atomic E-state index is 12.4. The van der Waals surface area contributed by atoms with Crippen molar-refractivity contribution in [2.75, 3.05) is 6.61 Å². The average Bonchev–Trinajstić information content (AvgIpc) is 2.77. The van der Waals surface area contributed by atoms with Crippen LogP contribution in [0.3, 0.4) is 0 Å². The lowest BCUT2D eigenvalue weighted by atomic mass is 10.1. The van der Waals surface area contributed by atoms with Crippen LogP contribution in [-0.2, 0) is 19.1 Å². The Bertz CT molecular complexity index is 497. The normalized spacial score (nSPS) is 27.1. The molecule has 3 atom stereocenters. The van der Waals surface area contributed by atoms with E-state index >= 15 is 0 Å². The van der Waals surface area contributed by atoms with Gasteiger partial charge in [-0.3, -0.25) is 9.69 Å². The van der Waals surface area contributed by atoms with Gasteiger partial charge in [-0.15, -0.1) is 0 Å². The Morgan fingerprint density at radius 3 is 2.68 bits per heavy atom. The van der Waals surface area contributed by atoms with E-state index in [-0.39, 0.29) is 12.5 Å². The Hall–Kier alpha value is -2.05. The highest BCUT2D eigenvalue weighted by Crippen LogP contribution is 2.32. The van der Waals surface area contributed by atoms with Gasteiger partial charge in [0.1, 0.15) is 24.3 Å². The predicted octanol–water partition coefficient (Wildman–Crippen LogP) is 0.982. The zero-order chi connectivity index (χ0) is 16.5. The van der Waals surface area contributed by atoms with Crippen LogP contribution >= 0.6 is 0 Å². The van der Waals surface area contributed by atoms with Crippen molar-refractivity contribution in [2.45, 2.75) is 57.3 Å². The number of rotatable bonds is 3. The van der Waals surface area contributed by atoms with E-state index in [9.17, 15) is 14.4 Å². The summed E-state index contributed by atoms with van der Waals surface area (Å²) in [6, 6.07) is -1.88. The molecule has 7 nitrogen and oxygen atoms in total. The lowest BCUT2D eigenvalue weighted by molar-refractivity contribution is -0.151. The summed E-state index contributed by atoms with van der Waals surface area (Å²) in [4.78, 5) is 37.9. The molecule has 3 unspecified atom stereocenters. The average molecular weight is 310 g/mol. The molecule has 2 amide bonds. The first-order valence-corrected chi connectivity index (χ1v) is 7.34. The second-order valence-electron chi connectivity index (χ2n) is 6.45. The summed E-state index contributed by atoms with van der Waals surface area (Å²) in [5.41, 5.74) is -0.663. The summed E-state index contributed by atoms with van der Waals surface area (Å²) < 4.78 is 10.4. The molecule has 0 spiro atoms. The van der Waals surface area contributed by atoms with E-state index in [4.69, 9.17) is 9.47 Å². The van der Waals surface area contributed by atoms with E-state index < -0.39 is 35.8 Å². The van der Waals surface area contributed by atoms with Gasteiger partial charge in [-0.25, -0.2) is 9.59 Å². The molecule has 2 saturated heterocycles. The quantitative estimate of drug-likeness (QED) is 0.620. The third-order valence-corrected chi connectivity index (χ3v) is 3.62. The molecule has 1 N–H and O–H groups in total. The number of amides is 2. The summed E-state index contributed by atoms with van der Waals surface area (Å²) in [5, 5.41) is 2.64. The summed E-state index contributed by atoms with van der Waals surface area (Å²) in [7, 11) is 0. The second kappa shape index (κ2) is 5.98. The SMILES string of the molecule is C=CCOC(=O)C1NC(=O)C2CCC1N2C(=O)OC(C)(C)C. The molecule has 0 aromatic rings. The van der Waals surface area contributed by atoms with Gasteiger partial charge in [0.25, 0.3) is 0 Å². The Balaban J connectivity index is 2.17. The fraction of sp³-hybridized carbons (Fsp3) is 0.667. The smallest absolute Gasteiger partial charge is 0.411 e. The summed E-state index contributed by atoms with van der Waals surface area (Å²) in [6.07, 6.45) is 1.94. The highest BCUT2D eigenvalue weighted by atomic mass is 16.6. The molecule has 22 heavy (non-hydrogen) atoms. The highest BCUT2D eigenvalue weighted by molar-refractivity contribution is 5.93. The Kier molecular flexibility index (Phi) is 4.44. The first-order valence-electron chi connectivity index (χ1n) is 7.34. The van der Waals surface area contributed by atoms with Gasteiger partial charge in [0.05, 0.1) is 6.04 Å².